The fourth-order valence-electron chi connectivity index (χ4n) is 3.66. The van der Waals surface area contributed by atoms with Gasteiger partial charge in [0.2, 0.25) is 0 Å². The predicted molar refractivity (Wildman–Crippen MR) is 135 cm³/mol. The van der Waals surface area contributed by atoms with Crippen LogP contribution in [0.5, 0.6) is 11.5 Å². The number of rotatable bonds is 11. The normalized spacial score (nSPS) is 13.0. The van der Waals surface area contributed by atoms with Gasteiger partial charge in [-0.3, -0.25) is 14.9 Å². The Morgan fingerprint density at radius 1 is 0.889 bits per heavy atom. The molecule has 1 saturated heterocycles. The van der Waals surface area contributed by atoms with E-state index in [0.717, 1.165) is 32.4 Å². The van der Waals surface area contributed by atoms with Crippen molar-refractivity contribution in [3.05, 3.63) is 48.0 Å². The first-order valence-electron chi connectivity index (χ1n) is 12.0. The summed E-state index contributed by atoms with van der Waals surface area (Å²) in [5, 5.41) is 5.40. The van der Waals surface area contributed by atoms with Crippen LogP contribution < -0.4 is 20.1 Å². The Bertz CT molecular complexity index is 1040. The number of amides is 3. The summed E-state index contributed by atoms with van der Waals surface area (Å²) in [6, 6.07) is 11.5. The van der Waals surface area contributed by atoms with Gasteiger partial charge in [0.1, 0.15) is 6.61 Å². The van der Waals surface area contributed by atoms with Crippen molar-refractivity contribution in [2.45, 2.75) is 26.2 Å². The molecule has 0 aromatic heterocycles. The molecule has 1 aliphatic heterocycles. The molecule has 2 aromatic carbocycles. The number of methoxy groups -OCH3 is 1. The highest BCUT2D eigenvalue weighted by atomic mass is 16.6. The Morgan fingerprint density at radius 3 is 2.36 bits per heavy atom. The number of hydrogen-bond acceptors (Lipinski definition) is 7. The number of nitrogens with zero attached hydrogens (tertiary/aromatic N) is 1. The van der Waals surface area contributed by atoms with Gasteiger partial charge in [0.15, 0.2) is 18.1 Å². The Kier molecular flexibility index (Phi) is 10.4. The van der Waals surface area contributed by atoms with E-state index in [1.54, 1.807) is 42.5 Å². The highest BCUT2D eigenvalue weighted by Crippen LogP contribution is 2.29. The fourth-order valence-corrected chi connectivity index (χ4v) is 3.66. The smallest absolute Gasteiger partial charge is 0.411 e. The molecule has 2 N–H and O–H groups in total. The molecule has 10 heteroatoms. The summed E-state index contributed by atoms with van der Waals surface area (Å²) >= 11 is 0. The minimum Gasteiger partial charge on any atom is -0.490 e. The number of ether oxygens (including phenoxy) is 4. The predicted octanol–water partition coefficient (Wildman–Crippen LogP) is 3.92. The minimum absolute atomic E-state index is 0.0602. The maximum Gasteiger partial charge on any atom is 0.411 e. The average Bonchev–Trinajstić information content (AvgIpc) is 2.88. The molecular weight excluding hydrogens is 466 g/mol. The van der Waals surface area contributed by atoms with Crippen molar-refractivity contribution in [3.8, 4) is 11.5 Å². The Hall–Kier alpha value is -3.79. The van der Waals surface area contributed by atoms with Crippen LogP contribution in [0, 0.1) is 0 Å². The van der Waals surface area contributed by atoms with E-state index in [9.17, 15) is 14.4 Å². The molecule has 0 aliphatic carbocycles. The second-order valence-electron chi connectivity index (χ2n) is 8.11. The fraction of sp³-hybridized carbons (Fsp3) is 0.423. The average molecular weight is 500 g/mol. The third kappa shape index (κ3) is 8.16. The number of piperidine rings is 1. The Labute approximate surface area is 210 Å². The quantitative estimate of drug-likeness (QED) is 0.450. The molecule has 0 radical (unpaired) electrons. The van der Waals surface area contributed by atoms with Crippen LogP contribution in [0.1, 0.15) is 36.5 Å². The van der Waals surface area contributed by atoms with Gasteiger partial charge in [-0.05, 0) is 62.6 Å². The second kappa shape index (κ2) is 13.9. The van der Waals surface area contributed by atoms with Crippen molar-refractivity contribution in [2.75, 3.05) is 57.3 Å². The standard InChI is InChI=1S/C26H33N3O7/c1-3-34-23-16-19(10-11-22(23)36-18-24(30)29-12-5-4-6-13-29)25(31)27-20-8-7-9-21(17-20)28-26(32)35-15-14-33-2/h7-11,16-17H,3-6,12-15,18H2,1-2H3,(H,27,31)(H,28,32). The summed E-state index contributed by atoms with van der Waals surface area (Å²) in [7, 11) is 1.52. The van der Waals surface area contributed by atoms with Gasteiger partial charge in [0, 0.05) is 37.1 Å². The van der Waals surface area contributed by atoms with E-state index in [2.05, 4.69) is 10.6 Å². The summed E-state index contributed by atoms with van der Waals surface area (Å²) in [6.45, 7) is 4.05. The largest absolute Gasteiger partial charge is 0.490 e. The van der Waals surface area contributed by atoms with Gasteiger partial charge in [0.05, 0.1) is 13.2 Å². The van der Waals surface area contributed by atoms with Gasteiger partial charge in [-0.25, -0.2) is 4.79 Å². The molecule has 3 rings (SSSR count). The van der Waals surface area contributed by atoms with Gasteiger partial charge in [0.25, 0.3) is 11.8 Å². The van der Waals surface area contributed by atoms with Crippen molar-refractivity contribution in [2.24, 2.45) is 0 Å². The van der Waals surface area contributed by atoms with Crippen molar-refractivity contribution in [3.63, 3.8) is 0 Å². The first-order chi connectivity index (χ1) is 17.5. The monoisotopic (exact) mass is 499 g/mol. The Balaban J connectivity index is 1.61. The van der Waals surface area contributed by atoms with E-state index in [1.807, 2.05) is 11.8 Å². The molecule has 1 heterocycles. The summed E-state index contributed by atoms with van der Waals surface area (Å²) < 4.78 is 21.2. The van der Waals surface area contributed by atoms with Gasteiger partial charge >= 0.3 is 6.09 Å². The maximum atomic E-state index is 12.9. The molecule has 2 aromatic rings. The van der Waals surface area contributed by atoms with Crippen LogP contribution in [-0.2, 0) is 14.3 Å². The summed E-state index contributed by atoms with van der Waals surface area (Å²) in [4.78, 5) is 38.9. The summed E-state index contributed by atoms with van der Waals surface area (Å²) in [6.07, 6.45) is 2.55. The molecule has 0 bridgehead atoms. The number of hydrogen-bond donors (Lipinski definition) is 2. The first-order valence-corrected chi connectivity index (χ1v) is 12.0. The maximum absolute atomic E-state index is 12.9. The van der Waals surface area contributed by atoms with Crippen molar-refractivity contribution < 1.29 is 33.3 Å². The van der Waals surface area contributed by atoms with E-state index < -0.39 is 6.09 Å². The van der Waals surface area contributed by atoms with Crippen molar-refractivity contribution in [1.29, 1.82) is 0 Å². The van der Waals surface area contributed by atoms with Crippen LogP contribution >= 0.6 is 0 Å². The van der Waals surface area contributed by atoms with E-state index in [0.29, 0.717) is 41.7 Å². The zero-order chi connectivity index (χ0) is 25.8. The van der Waals surface area contributed by atoms with Gasteiger partial charge in [-0.1, -0.05) is 6.07 Å². The molecule has 1 aliphatic rings. The molecule has 194 valence electrons. The summed E-state index contributed by atoms with van der Waals surface area (Å²) in [5.41, 5.74) is 1.30. The van der Waals surface area contributed by atoms with Crippen LogP contribution in [0.25, 0.3) is 0 Å². The lowest BCUT2D eigenvalue weighted by Crippen LogP contribution is -2.38. The lowest BCUT2D eigenvalue weighted by Gasteiger charge is -2.26. The molecule has 3 amide bonds. The number of anilines is 2. The van der Waals surface area contributed by atoms with Crippen molar-refractivity contribution in [1.82, 2.24) is 4.90 Å². The zero-order valence-electron chi connectivity index (χ0n) is 20.7. The summed E-state index contributed by atoms with van der Waals surface area (Å²) in [5.74, 6) is 0.351. The molecule has 10 nitrogen and oxygen atoms in total. The third-order valence-electron chi connectivity index (χ3n) is 5.45. The lowest BCUT2D eigenvalue weighted by atomic mass is 10.1. The highest BCUT2D eigenvalue weighted by Gasteiger charge is 2.18. The van der Waals surface area contributed by atoms with Gasteiger partial charge in [-0.15, -0.1) is 0 Å². The molecule has 1 fully saturated rings. The zero-order valence-corrected chi connectivity index (χ0v) is 20.7. The number of likely N-dealkylation sites (tertiary alicyclic amines) is 1. The molecule has 0 unspecified atom stereocenters. The van der Waals surface area contributed by atoms with Crippen molar-refractivity contribution >= 4 is 29.3 Å². The van der Waals surface area contributed by atoms with Crippen LogP contribution in [0.4, 0.5) is 16.2 Å². The number of benzene rings is 2. The van der Waals surface area contributed by atoms with Crippen LogP contribution in [0.15, 0.2) is 42.5 Å². The molecule has 0 atom stereocenters. The number of nitrogens with one attached hydrogen (secondary N) is 2. The van der Waals surface area contributed by atoms with Crippen LogP contribution in [0.3, 0.4) is 0 Å². The van der Waals surface area contributed by atoms with Crippen LogP contribution in [0.2, 0.25) is 0 Å². The molecule has 36 heavy (non-hydrogen) atoms. The third-order valence-corrected chi connectivity index (χ3v) is 5.45. The van der Waals surface area contributed by atoms with E-state index in [1.165, 1.54) is 7.11 Å². The Morgan fingerprint density at radius 2 is 1.64 bits per heavy atom. The lowest BCUT2D eigenvalue weighted by molar-refractivity contribution is -0.134. The van der Waals surface area contributed by atoms with Crippen LogP contribution in [-0.4, -0.2) is 69.4 Å². The molecular formula is C26H33N3O7. The molecule has 0 spiro atoms. The second-order valence-corrected chi connectivity index (χ2v) is 8.11. The highest BCUT2D eigenvalue weighted by molar-refractivity contribution is 6.05. The van der Waals surface area contributed by atoms with E-state index in [4.69, 9.17) is 18.9 Å². The number of carbonyl (C=O) groups excluding carboxylic acids is 3. The topological polar surface area (TPSA) is 115 Å². The number of carbonyl (C=O) groups is 3. The molecule has 0 saturated carbocycles. The van der Waals surface area contributed by atoms with E-state index >= 15 is 0 Å². The van der Waals surface area contributed by atoms with Gasteiger partial charge < -0.3 is 29.2 Å². The minimum atomic E-state index is -0.619. The van der Waals surface area contributed by atoms with Gasteiger partial charge in [-0.2, -0.15) is 0 Å². The van der Waals surface area contributed by atoms with E-state index in [-0.39, 0.29) is 25.0 Å². The SMILES string of the molecule is CCOc1cc(C(=O)Nc2cccc(NC(=O)OCCOC)c2)ccc1OCC(=O)N1CCCCC1. The first kappa shape index (κ1) is 26.8.